The molecule has 0 heterocycles. The maximum Gasteiger partial charge on any atom is 0.0496 e. The van der Waals surface area contributed by atoms with Crippen LogP contribution in [0.5, 0.6) is 0 Å². The minimum atomic E-state index is 0.969. The zero-order valence-electron chi connectivity index (χ0n) is 9.15. The summed E-state index contributed by atoms with van der Waals surface area (Å²) in [6.45, 7) is 4.23. The minimum Gasteiger partial charge on any atom is -0.387 e. The molecule has 0 unspecified atom stereocenters. The molecule has 0 radical (unpaired) electrons. The van der Waals surface area contributed by atoms with E-state index < -0.39 is 0 Å². The fourth-order valence-electron chi connectivity index (χ4n) is 1.26. The number of nitrogens with one attached hydrogen (secondary N) is 1. The van der Waals surface area contributed by atoms with E-state index in [0.717, 1.165) is 24.1 Å². The molecule has 0 spiro atoms. The first-order valence-corrected chi connectivity index (χ1v) is 5.05. The maximum absolute atomic E-state index is 3.19. The van der Waals surface area contributed by atoms with Crippen molar-refractivity contribution in [3.63, 3.8) is 0 Å². The number of aryl methyl sites for hydroxylation is 1. The van der Waals surface area contributed by atoms with Crippen LogP contribution >= 0.6 is 0 Å². The van der Waals surface area contributed by atoms with Gasteiger partial charge in [-0.05, 0) is 31.0 Å². The predicted octanol–water partition coefficient (Wildman–Crippen LogP) is 3.19. The van der Waals surface area contributed by atoms with Crippen molar-refractivity contribution in [2.45, 2.75) is 26.7 Å². The van der Waals surface area contributed by atoms with Gasteiger partial charge in [-0.2, -0.15) is 0 Å². The Labute approximate surface area is 86.5 Å². The third-order valence-electron chi connectivity index (χ3n) is 2.04. The number of unbranched alkanes of at least 4 members (excludes halogenated alkanes) is 1. The number of benzene rings is 1. The van der Waals surface area contributed by atoms with Crippen LogP contribution in [0.4, 0.5) is 5.69 Å². The van der Waals surface area contributed by atoms with Gasteiger partial charge in [0.2, 0.25) is 0 Å². The van der Waals surface area contributed by atoms with Crippen molar-refractivity contribution >= 4 is 5.69 Å². The van der Waals surface area contributed by atoms with Gasteiger partial charge in [-0.25, -0.2) is 0 Å². The van der Waals surface area contributed by atoms with Crippen molar-refractivity contribution in [2.75, 3.05) is 12.4 Å². The van der Waals surface area contributed by atoms with Gasteiger partial charge in [-0.1, -0.05) is 24.8 Å². The summed E-state index contributed by atoms with van der Waals surface area (Å²) in [6.07, 6.45) is 2.09. The van der Waals surface area contributed by atoms with Gasteiger partial charge < -0.3 is 5.32 Å². The van der Waals surface area contributed by atoms with E-state index in [2.05, 4.69) is 49.2 Å². The first-order chi connectivity index (χ1) is 6.77. The summed E-state index contributed by atoms with van der Waals surface area (Å²) in [5.74, 6) is 6.36. The Balaban J connectivity index is 2.94. The maximum atomic E-state index is 3.19. The van der Waals surface area contributed by atoms with Crippen molar-refractivity contribution < 1.29 is 0 Å². The molecule has 1 aromatic rings. The molecule has 0 aliphatic carbocycles. The van der Waals surface area contributed by atoms with Crippen molar-refractivity contribution in [3.05, 3.63) is 29.3 Å². The molecule has 74 valence electrons. The zero-order valence-corrected chi connectivity index (χ0v) is 9.15. The van der Waals surface area contributed by atoms with Gasteiger partial charge in [0.1, 0.15) is 0 Å². The van der Waals surface area contributed by atoms with Gasteiger partial charge in [0.05, 0.1) is 0 Å². The minimum absolute atomic E-state index is 0.969. The molecular formula is C13H17N. The van der Waals surface area contributed by atoms with Crippen LogP contribution in [-0.4, -0.2) is 7.05 Å². The van der Waals surface area contributed by atoms with Crippen LogP contribution in [0.1, 0.15) is 30.9 Å². The Morgan fingerprint density at radius 2 is 2.14 bits per heavy atom. The highest BCUT2D eigenvalue weighted by atomic mass is 14.8. The molecule has 1 N–H and O–H groups in total. The van der Waals surface area contributed by atoms with Crippen molar-refractivity contribution in [2.24, 2.45) is 0 Å². The van der Waals surface area contributed by atoms with Gasteiger partial charge in [0, 0.05) is 24.7 Å². The highest BCUT2D eigenvalue weighted by Crippen LogP contribution is 2.15. The van der Waals surface area contributed by atoms with Crippen LogP contribution in [0.15, 0.2) is 18.2 Å². The summed E-state index contributed by atoms with van der Waals surface area (Å²) < 4.78 is 0. The molecule has 14 heavy (non-hydrogen) atoms. The van der Waals surface area contributed by atoms with E-state index in [-0.39, 0.29) is 0 Å². The average molecular weight is 187 g/mol. The largest absolute Gasteiger partial charge is 0.387 e. The van der Waals surface area contributed by atoms with Crippen LogP contribution in [0, 0.1) is 18.8 Å². The lowest BCUT2D eigenvalue weighted by Gasteiger charge is -2.03. The second-order valence-corrected chi connectivity index (χ2v) is 3.35. The molecule has 0 bridgehead atoms. The van der Waals surface area contributed by atoms with Gasteiger partial charge in [-0.15, -0.1) is 0 Å². The van der Waals surface area contributed by atoms with E-state index in [1.165, 1.54) is 5.56 Å². The Morgan fingerprint density at radius 1 is 1.36 bits per heavy atom. The van der Waals surface area contributed by atoms with E-state index >= 15 is 0 Å². The topological polar surface area (TPSA) is 12.0 Å². The summed E-state index contributed by atoms with van der Waals surface area (Å²) in [7, 11) is 1.93. The van der Waals surface area contributed by atoms with Crippen LogP contribution in [0.25, 0.3) is 0 Å². The molecule has 0 aromatic heterocycles. The Morgan fingerprint density at radius 3 is 2.79 bits per heavy atom. The number of hydrogen-bond acceptors (Lipinski definition) is 1. The Kier molecular flexibility index (Phi) is 4.07. The lowest BCUT2D eigenvalue weighted by atomic mass is 10.1. The zero-order chi connectivity index (χ0) is 10.4. The Bertz CT molecular complexity index is 355. The fraction of sp³-hybridized carbons (Fsp3) is 0.385. The molecule has 0 aliphatic rings. The molecule has 0 fully saturated rings. The van der Waals surface area contributed by atoms with Gasteiger partial charge in [0.25, 0.3) is 0 Å². The highest BCUT2D eigenvalue weighted by Gasteiger charge is 1.96. The normalized spacial score (nSPS) is 9.07. The smallest absolute Gasteiger partial charge is 0.0496 e. The van der Waals surface area contributed by atoms with E-state index in [9.17, 15) is 0 Å². The van der Waals surface area contributed by atoms with Crippen LogP contribution in [0.3, 0.4) is 0 Å². The third kappa shape index (κ3) is 2.81. The molecule has 1 nitrogen and oxygen atoms in total. The van der Waals surface area contributed by atoms with E-state index in [1.54, 1.807) is 0 Å². The van der Waals surface area contributed by atoms with Gasteiger partial charge in [-0.3, -0.25) is 0 Å². The molecule has 0 amide bonds. The number of hydrogen-bond donors (Lipinski definition) is 1. The van der Waals surface area contributed by atoms with Crippen molar-refractivity contribution in [1.29, 1.82) is 0 Å². The fourth-order valence-corrected chi connectivity index (χ4v) is 1.26. The standard InChI is InChI=1S/C13H17N/c1-4-5-6-7-12-10-11(2)8-9-13(12)14-3/h8-10,14H,4-5H2,1-3H3. The second kappa shape index (κ2) is 5.34. The SMILES string of the molecule is CCCC#Cc1cc(C)ccc1NC. The Hall–Kier alpha value is -1.42. The first kappa shape index (κ1) is 10.7. The van der Waals surface area contributed by atoms with E-state index in [1.807, 2.05) is 7.05 Å². The molecule has 0 aliphatic heterocycles. The average Bonchev–Trinajstić information content (AvgIpc) is 2.19. The monoisotopic (exact) mass is 187 g/mol. The number of rotatable bonds is 2. The lowest BCUT2D eigenvalue weighted by molar-refractivity contribution is 0.983. The third-order valence-corrected chi connectivity index (χ3v) is 2.04. The van der Waals surface area contributed by atoms with Crippen molar-refractivity contribution in [3.8, 4) is 11.8 Å². The predicted molar refractivity (Wildman–Crippen MR) is 62.5 cm³/mol. The quantitative estimate of drug-likeness (QED) is 0.701. The lowest BCUT2D eigenvalue weighted by Crippen LogP contribution is -1.92. The molecule has 0 saturated carbocycles. The molecular weight excluding hydrogens is 170 g/mol. The van der Waals surface area contributed by atoms with Crippen LogP contribution < -0.4 is 5.32 Å². The highest BCUT2D eigenvalue weighted by molar-refractivity contribution is 5.59. The van der Waals surface area contributed by atoms with Crippen LogP contribution in [0.2, 0.25) is 0 Å². The molecule has 1 rings (SSSR count). The first-order valence-electron chi connectivity index (χ1n) is 5.05. The summed E-state index contributed by atoms with van der Waals surface area (Å²) in [5.41, 5.74) is 3.46. The van der Waals surface area contributed by atoms with Gasteiger partial charge >= 0.3 is 0 Å². The number of anilines is 1. The molecule has 1 heteroatoms. The van der Waals surface area contributed by atoms with Crippen molar-refractivity contribution in [1.82, 2.24) is 0 Å². The summed E-state index contributed by atoms with van der Waals surface area (Å²) in [6, 6.07) is 6.29. The summed E-state index contributed by atoms with van der Waals surface area (Å²) in [5, 5.41) is 3.15. The summed E-state index contributed by atoms with van der Waals surface area (Å²) in [4.78, 5) is 0. The molecule has 0 saturated heterocycles. The second-order valence-electron chi connectivity index (χ2n) is 3.35. The van der Waals surface area contributed by atoms with E-state index in [0.29, 0.717) is 0 Å². The molecule has 1 aromatic carbocycles. The summed E-state index contributed by atoms with van der Waals surface area (Å²) >= 11 is 0. The molecule has 0 atom stereocenters. The van der Waals surface area contributed by atoms with Crippen LogP contribution in [-0.2, 0) is 0 Å². The van der Waals surface area contributed by atoms with E-state index in [4.69, 9.17) is 0 Å². The van der Waals surface area contributed by atoms with Gasteiger partial charge in [0.15, 0.2) is 0 Å².